The molecule has 1 heterocycles. The van der Waals surface area contributed by atoms with Crippen molar-refractivity contribution in [1.29, 1.82) is 0 Å². The SMILES string of the molecule is O=[N+]([O-])c1cc(S(=O)(=O)N2CCCCC2)ccc1Oc1ccc(OCc2ccccc2)cc1. The van der Waals surface area contributed by atoms with Gasteiger partial charge in [0.1, 0.15) is 18.1 Å². The van der Waals surface area contributed by atoms with E-state index in [4.69, 9.17) is 9.47 Å². The summed E-state index contributed by atoms with van der Waals surface area (Å²) in [4.78, 5) is 10.9. The van der Waals surface area contributed by atoms with E-state index >= 15 is 0 Å². The van der Waals surface area contributed by atoms with Gasteiger partial charge in [-0.05, 0) is 54.8 Å². The lowest BCUT2D eigenvalue weighted by Gasteiger charge is -2.25. The molecular formula is C24H24N2O6S. The Bertz CT molecular complexity index is 1210. The molecule has 0 radical (unpaired) electrons. The van der Waals surface area contributed by atoms with Crippen molar-refractivity contribution in [1.82, 2.24) is 4.31 Å². The molecule has 4 rings (SSSR count). The fourth-order valence-electron chi connectivity index (χ4n) is 3.61. The van der Waals surface area contributed by atoms with Crippen LogP contribution in [-0.2, 0) is 16.6 Å². The summed E-state index contributed by atoms with van der Waals surface area (Å²) in [5.74, 6) is 0.969. The standard InChI is InChI=1S/C24H24N2O6S/c27-26(28)23-17-22(33(29,30)25-15-5-2-6-16-25)13-14-24(23)32-21-11-9-20(10-12-21)31-18-19-7-3-1-4-8-19/h1,3-4,7-14,17H,2,5-6,15-16,18H2. The molecular weight excluding hydrogens is 444 g/mol. The van der Waals surface area contributed by atoms with E-state index in [-0.39, 0.29) is 10.6 Å². The Morgan fingerprint density at radius 1 is 0.879 bits per heavy atom. The summed E-state index contributed by atoms with van der Waals surface area (Å²) in [6.45, 7) is 1.26. The predicted octanol–water partition coefficient (Wildman–Crippen LogP) is 5.14. The number of hydrogen-bond donors (Lipinski definition) is 0. The Hall–Kier alpha value is -3.43. The first-order chi connectivity index (χ1) is 15.9. The molecule has 3 aromatic rings. The van der Waals surface area contributed by atoms with E-state index in [0.717, 1.165) is 30.9 Å². The minimum atomic E-state index is -3.79. The third-order valence-electron chi connectivity index (χ3n) is 5.38. The monoisotopic (exact) mass is 468 g/mol. The highest BCUT2D eigenvalue weighted by atomic mass is 32.2. The molecule has 0 spiro atoms. The molecule has 0 saturated carbocycles. The molecule has 0 atom stereocenters. The van der Waals surface area contributed by atoms with Gasteiger partial charge in [0.25, 0.3) is 0 Å². The van der Waals surface area contributed by atoms with Crippen LogP contribution in [0.5, 0.6) is 17.2 Å². The van der Waals surface area contributed by atoms with Crippen molar-refractivity contribution in [2.75, 3.05) is 13.1 Å². The van der Waals surface area contributed by atoms with E-state index in [0.29, 0.717) is 31.2 Å². The van der Waals surface area contributed by atoms with Crippen LogP contribution in [0.2, 0.25) is 0 Å². The van der Waals surface area contributed by atoms with Crippen molar-refractivity contribution in [2.24, 2.45) is 0 Å². The van der Waals surface area contributed by atoms with Crippen LogP contribution in [0, 0.1) is 10.1 Å². The largest absolute Gasteiger partial charge is 0.489 e. The Balaban J connectivity index is 1.49. The van der Waals surface area contributed by atoms with Crippen LogP contribution >= 0.6 is 0 Å². The van der Waals surface area contributed by atoms with Gasteiger partial charge < -0.3 is 9.47 Å². The van der Waals surface area contributed by atoms with Crippen molar-refractivity contribution in [3.8, 4) is 17.2 Å². The molecule has 3 aromatic carbocycles. The predicted molar refractivity (Wildman–Crippen MR) is 123 cm³/mol. The van der Waals surface area contributed by atoms with Crippen LogP contribution in [0.4, 0.5) is 5.69 Å². The normalized spacial score (nSPS) is 14.5. The van der Waals surface area contributed by atoms with Crippen molar-refractivity contribution < 1.29 is 22.8 Å². The lowest BCUT2D eigenvalue weighted by molar-refractivity contribution is -0.385. The maximum Gasteiger partial charge on any atom is 0.312 e. The fraction of sp³-hybridized carbons (Fsp3) is 0.250. The topological polar surface area (TPSA) is 99.0 Å². The van der Waals surface area contributed by atoms with Crippen LogP contribution in [0.3, 0.4) is 0 Å². The van der Waals surface area contributed by atoms with Crippen LogP contribution < -0.4 is 9.47 Å². The molecule has 172 valence electrons. The Morgan fingerprint density at radius 3 is 2.21 bits per heavy atom. The van der Waals surface area contributed by atoms with Gasteiger partial charge in [0.05, 0.1) is 9.82 Å². The minimum absolute atomic E-state index is 0.0319. The van der Waals surface area contributed by atoms with Gasteiger partial charge in [-0.25, -0.2) is 8.42 Å². The van der Waals surface area contributed by atoms with E-state index in [1.807, 2.05) is 30.3 Å². The molecule has 0 unspecified atom stereocenters. The molecule has 1 fully saturated rings. The molecule has 0 aromatic heterocycles. The second-order valence-electron chi connectivity index (χ2n) is 7.70. The highest BCUT2D eigenvalue weighted by Gasteiger charge is 2.29. The van der Waals surface area contributed by atoms with Crippen LogP contribution in [-0.4, -0.2) is 30.7 Å². The van der Waals surface area contributed by atoms with Gasteiger partial charge in [-0.3, -0.25) is 10.1 Å². The number of rotatable bonds is 8. The highest BCUT2D eigenvalue weighted by Crippen LogP contribution is 2.35. The highest BCUT2D eigenvalue weighted by molar-refractivity contribution is 7.89. The summed E-state index contributed by atoms with van der Waals surface area (Å²) in [7, 11) is -3.79. The third-order valence-corrected chi connectivity index (χ3v) is 7.27. The Kier molecular flexibility index (Phi) is 6.90. The number of benzene rings is 3. The lowest BCUT2D eigenvalue weighted by Crippen LogP contribution is -2.35. The van der Waals surface area contributed by atoms with Gasteiger partial charge in [-0.2, -0.15) is 4.31 Å². The Morgan fingerprint density at radius 2 is 1.55 bits per heavy atom. The second kappa shape index (κ2) is 10.0. The molecule has 9 heteroatoms. The molecule has 1 saturated heterocycles. The summed E-state index contributed by atoms with van der Waals surface area (Å²) < 4.78 is 38.6. The molecule has 0 amide bonds. The van der Waals surface area contributed by atoms with Crippen molar-refractivity contribution >= 4 is 15.7 Å². The zero-order valence-corrected chi connectivity index (χ0v) is 18.7. The van der Waals surface area contributed by atoms with Crippen LogP contribution in [0.1, 0.15) is 24.8 Å². The van der Waals surface area contributed by atoms with E-state index in [2.05, 4.69) is 0 Å². The number of ether oxygens (including phenoxy) is 2. The van der Waals surface area contributed by atoms with Gasteiger partial charge in [0, 0.05) is 19.2 Å². The summed E-state index contributed by atoms with van der Waals surface area (Å²) in [5.41, 5.74) is 0.630. The molecule has 33 heavy (non-hydrogen) atoms. The molecule has 0 aliphatic carbocycles. The second-order valence-corrected chi connectivity index (χ2v) is 9.64. The van der Waals surface area contributed by atoms with Gasteiger partial charge >= 0.3 is 5.69 Å². The summed E-state index contributed by atoms with van der Waals surface area (Å²) in [6, 6.07) is 20.2. The smallest absolute Gasteiger partial charge is 0.312 e. The van der Waals surface area contributed by atoms with E-state index in [9.17, 15) is 18.5 Å². The summed E-state index contributed by atoms with van der Waals surface area (Å²) in [5, 5.41) is 11.6. The Labute approximate surface area is 192 Å². The first-order valence-corrected chi connectivity index (χ1v) is 12.1. The first-order valence-electron chi connectivity index (χ1n) is 10.7. The molecule has 0 N–H and O–H groups in total. The van der Waals surface area contributed by atoms with Gasteiger partial charge in [0.2, 0.25) is 15.8 Å². The van der Waals surface area contributed by atoms with Gasteiger partial charge in [-0.1, -0.05) is 36.8 Å². The van der Waals surface area contributed by atoms with E-state index in [1.165, 1.54) is 16.4 Å². The average molecular weight is 469 g/mol. The zero-order valence-electron chi connectivity index (χ0n) is 17.9. The number of nitro benzene ring substituents is 1. The van der Waals surface area contributed by atoms with Crippen LogP contribution in [0.25, 0.3) is 0 Å². The number of piperidine rings is 1. The average Bonchev–Trinajstić information content (AvgIpc) is 2.85. The first kappa shape index (κ1) is 22.8. The van der Waals surface area contributed by atoms with Crippen molar-refractivity contribution in [2.45, 2.75) is 30.8 Å². The quantitative estimate of drug-likeness (QED) is 0.335. The number of sulfonamides is 1. The maximum atomic E-state index is 12.9. The summed E-state index contributed by atoms with van der Waals surface area (Å²) in [6.07, 6.45) is 2.55. The van der Waals surface area contributed by atoms with E-state index in [1.54, 1.807) is 24.3 Å². The molecule has 0 bridgehead atoms. The zero-order chi connectivity index (χ0) is 23.3. The van der Waals surface area contributed by atoms with Gasteiger partial charge in [-0.15, -0.1) is 0 Å². The maximum absolute atomic E-state index is 12.9. The van der Waals surface area contributed by atoms with E-state index < -0.39 is 20.6 Å². The molecule has 1 aliphatic rings. The van der Waals surface area contributed by atoms with Crippen LogP contribution in [0.15, 0.2) is 77.7 Å². The summed E-state index contributed by atoms with van der Waals surface area (Å²) >= 11 is 0. The number of hydrogen-bond acceptors (Lipinski definition) is 6. The van der Waals surface area contributed by atoms with Crippen molar-refractivity contribution in [3.63, 3.8) is 0 Å². The van der Waals surface area contributed by atoms with Crippen molar-refractivity contribution in [3.05, 3.63) is 88.5 Å². The van der Waals surface area contributed by atoms with Gasteiger partial charge in [0.15, 0.2) is 0 Å². The molecule has 8 nitrogen and oxygen atoms in total. The molecule has 1 aliphatic heterocycles. The number of nitro groups is 1. The fourth-order valence-corrected chi connectivity index (χ4v) is 5.15. The lowest BCUT2D eigenvalue weighted by atomic mass is 10.2. The third kappa shape index (κ3) is 5.50. The minimum Gasteiger partial charge on any atom is -0.489 e. The number of nitrogens with zero attached hydrogens (tertiary/aromatic N) is 2.